The molecule has 0 saturated heterocycles. The fraction of sp³-hybridized carbons (Fsp3) is 0.360. The van der Waals surface area contributed by atoms with Gasteiger partial charge in [0.15, 0.2) is 11.1 Å². The largest absolute Gasteiger partial charge is 0.465 e. The fourth-order valence-electron chi connectivity index (χ4n) is 3.68. The predicted molar refractivity (Wildman–Crippen MR) is 129 cm³/mol. The van der Waals surface area contributed by atoms with Crippen molar-refractivity contribution in [2.75, 3.05) is 56.9 Å². The molecule has 0 atom stereocenters. The quantitative estimate of drug-likeness (QED) is 0.110. The Balaban J connectivity index is 5.05. The minimum atomic E-state index is -1.45. The lowest BCUT2D eigenvalue weighted by atomic mass is 9.91. The van der Waals surface area contributed by atoms with Crippen LogP contribution in [0.5, 0.6) is 0 Å². The summed E-state index contributed by atoms with van der Waals surface area (Å²) < 4.78 is 37.4. The zero-order valence-corrected chi connectivity index (χ0v) is 23.2. The molecule has 0 N–H and O–H groups in total. The number of methoxy groups -OCH3 is 8. The summed E-state index contributed by atoms with van der Waals surface area (Å²) in [4.78, 5) is 103. The molecule has 1 saturated carbocycles. The van der Waals surface area contributed by atoms with Crippen molar-refractivity contribution in [2.24, 2.45) is 0 Å². The lowest BCUT2D eigenvalue weighted by molar-refractivity contribution is -0.146. The lowest BCUT2D eigenvalue weighted by Crippen LogP contribution is -2.24. The molecule has 0 aromatic carbocycles. The van der Waals surface area contributed by atoms with Crippen molar-refractivity contribution >= 4 is 47.8 Å². The highest BCUT2D eigenvalue weighted by Gasteiger charge is 2.46. The van der Waals surface area contributed by atoms with Gasteiger partial charge in [0.1, 0.15) is 11.1 Å². The van der Waals surface area contributed by atoms with Crippen molar-refractivity contribution in [2.45, 2.75) is 6.42 Å². The maximum Gasteiger partial charge on any atom is 0.345 e. The highest BCUT2D eigenvalue weighted by molar-refractivity contribution is 6.24. The van der Waals surface area contributed by atoms with Gasteiger partial charge < -0.3 is 37.9 Å². The van der Waals surface area contributed by atoms with E-state index in [-0.39, 0.29) is 0 Å². The first-order valence-corrected chi connectivity index (χ1v) is 11.0. The number of esters is 8. The summed E-state index contributed by atoms with van der Waals surface area (Å²) >= 11 is 0. The van der Waals surface area contributed by atoms with Gasteiger partial charge in [0.25, 0.3) is 0 Å². The zero-order chi connectivity index (χ0) is 31.6. The molecule has 0 heterocycles. The maximum absolute atomic E-state index is 13.0. The van der Waals surface area contributed by atoms with Gasteiger partial charge in [-0.2, -0.15) is 0 Å². The van der Waals surface area contributed by atoms with Crippen molar-refractivity contribution in [3.63, 3.8) is 0 Å². The molecule has 16 heteroatoms. The van der Waals surface area contributed by atoms with Crippen LogP contribution in [0.3, 0.4) is 0 Å². The lowest BCUT2D eigenvalue weighted by Gasteiger charge is -2.16. The summed E-state index contributed by atoms with van der Waals surface area (Å²) in [5.74, 6) is -11.3. The smallest absolute Gasteiger partial charge is 0.345 e. The highest BCUT2D eigenvalue weighted by atomic mass is 16.6. The van der Waals surface area contributed by atoms with Crippen LogP contribution in [0.1, 0.15) is 6.42 Å². The Hall–Kier alpha value is -5.28. The molecule has 41 heavy (non-hydrogen) atoms. The Morgan fingerprint density at radius 3 is 0.683 bits per heavy atom. The molecule has 0 unspecified atom stereocenters. The molecule has 222 valence electrons. The van der Waals surface area contributed by atoms with Crippen molar-refractivity contribution < 1.29 is 76.3 Å². The Kier molecular flexibility index (Phi) is 12.1. The second-order valence-electron chi connectivity index (χ2n) is 7.32. The van der Waals surface area contributed by atoms with Gasteiger partial charge in [-0.15, -0.1) is 0 Å². The number of rotatable bonds is 8. The molecule has 0 amide bonds. The molecule has 0 aromatic heterocycles. The number of hydrogen-bond donors (Lipinski definition) is 0. The normalized spacial score (nSPS) is 11.9. The van der Waals surface area contributed by atoms with E-state index in [9.17, 15) is 38.4 Å². The monoisotopic (exact) mass is 582 g/mol. The summed E-state index contributed by atoms with van der Waals surface area (Å²) in [6, 6.07) is 0. The van der Waals surface area contributed by atoms with Crippen molar-refractivity contribution in [1.29, 1.82) is 0 Å². The van der Waals surface area contributed by atoms with Crippen molar-refractivity contribution in [1.82, 2.24) is 0 Å². The van der Waals surface area contributed by atoms with E-state index in [2.05, 4.69) is 37.9 Å². The Bertz CT molecular complexity index is 1150. The summed E-state index contributed by atoms with van der Waals surface area (Å²) in [5, 5.41) is 0. The molecule has 1 rings (SSSR count). The highest BCUT2D eigenvalue weighted by Crippen LogP contribution is 2.48. The van der Waals surface area contributed by atoms with Gasteiger partial charge in [-0.05, 0) is 11.1 Å². The molecule has 16 nitrogen and oxygen atoms in total. The van der Waals surface area contributed by atoms with E-state index in [1.807, 2.05) is 0 Å². The van der Waals surface area contributed by atoms with Gasteiger partial charge in [-0.25, -0.2) is 38.4 Å². The van der Waals surface area contributed by atoms with Gasteiger partial charge in [0.05, 0.1) is 56.9 Å². The second-order valence-corrected chi connectivity index (χ2v) is 7.32. The molecule has 1 fully saturated rings. The third-order valence-corrected chi connectivity index (χ3v) is 5.43. The molecule has 0 aromatic rings. The van der Waals surface area contributed by atoms with Gasteiger partial charge in [-0.1, -0.05) is 0 Å². The van der Waals surface area contributed by atoms with Gasteiger partial charge >= 0.3 is 47.8 Å². The SMILES string of the molecule is COC(=O)C(C(=O)OC)=C1CC(=C(C(=O)OC)C(=O)OC)C(=C(C(=O)OC)C(=O)OC)C1=C(C(=O)OC)C(=O)OC. The van der Waals surface area contributed by atoms with Gasteiger partial charge in [0.2, 0.25) is 0 Å². The van der Waals surface area contributed by atoms with Crippen LogP contribution in [-0.4, -0.2) is 105 Å². The van der Waals surface area contributed by atoms with E-state index in [0.29, 0.717) is 0 Å². The number of carbonyl (C=O) groups is 8. The summed E-state index contributed by atoms with van der Waals surface area (Å²) in [5.41, 5.74) is -7.03. The zero-order valence-electron chi connectivity index (χ0n) is 23.2. The summed E-state index contributed by atoms with van der Waals surface area (Å²) in [7, 11) is 6.90. The first kappa shape index (κ1) is 33.7. The van der Waals surface area contributed by atoms with Gasteiger partial charge in [-0.3, -0.25) is 0 Å². The minimum absolute atomic E-state index is 0.630. The number of carbonyl (C=O) groups excluding carboxylic acids is 8. The van der Waals surface area contributed by atoms with E-state index in [0.717, 1.165) is 56.9 Å². The van der Waals surface area contributed by atoms with Crippen LogP contribution in [0.2, 0.25) is 0 Å². The Morgan fingerprint density at radius 2 is 0.512 bits per heavy atom. The van der Waals surface area contributed by atoms with Crippen LogP contribution in [0.4, 0.5) is 0 Å². The third kappa shape index (κ3) is 6.66. The summed E-state index contributed by atoms with van der Waals surface area (Å²) in [6.45, 7) is 0. The van der Waals surface area contributed by atoms with E-state index < -0.39 is 98.8 Å². The van der Waals surface area contributed by atoms with E-state index in [1.165, 1.54) is 0 Å². The van der Waals surface area contributed by atoms with Crippen LogP contribution in [0, 0.1) is 0 Å². The van der Waals surface area contributed by atoms with E-state index in [1.54, 1.807) is 0 Å². The molecule has 0 radical (unpaired) electrons. The van der Waals surface area contributed by atoms with Gasteiger partial charge in [0, 0.05) is 17.6 Å². The average molecular weight is 582 g/mol. The van der Waals surface area contributed by atoms with Crippen LogP contribution in [0.25, 0.3) is 0 Å². The first-order valence-electron chi connectivity index (χ1n) is 11.0. The number of hydrogen-bond acceptors (Lipinski definition) is 16. The number of ether oxygens (including phenoxy) is 8. The molecule has 1 aliphatic carbocycles. The van der Waals surface area contributed by atoms with Crippen LogP contribution >= 0.6 is 0 Å². The predicted octanol–water partition coefficient (Wildman–Crippen LogP) is -1.04. The van der Waals surface area contributed by atoms with E-state index in [4.69, 9.17) is 0 Å². The molecule has 1 aliphatic rings. The van der Waals surface area contributed by atoms with Crippen LogP contribution in [-0.2, 0) is 76.3 Å². The molecular formula is C25H26O16. The van der Waals surface area contributed by atoms with E-state index >= 15 is 0 Å². The Morgan fingerprint density at radius 1 is 0.341 bits per heavy atom. The third-order valence-electron chi connectivity index (χ3n) is 5.43. The standard InChI is InChI=1S/C25H26O16/c1-34-18(26)14(19(27)35-2)10-9-11(15(20(28)36-3)21(29)37-4)13(17(24(32)40-7)25(33)41-8)12(10)16(22(30)38-5)23(31)39-6/h9H2,1-8H3. The molecule has 0 spiro atoms. The van der Waals surface area contributed by atoms with Crippen molar-refractivity contribution in [3.05, 3.63) is 44.6 Å². The average Bonchev–Trinajstić information content (AvgIpc) is 3.33. The second kappa shape index (κ2) is 14.8. The Labute approximate surface area is 232 Å². The molecular weight excluding hydrogens is 556 g/mol. The fourth-order valence-corrected chi connectivity index (χ4v) is 3.68. The first-order chi connectivity index (χ1) is 19.4. The number of allylic oxidation sites excluding steroid dienone is 4. The topological polar surface area (TPSA) is 210 Å². The maximum atomic E-state index is 13.0. The minimum Gasteiger partial charge on any atom is -0.465 e. The van der Waals surface area contributed by atoms with Crippen LogP contribution in [0.15, 0.2) is 44.6 Å². The van der Waals surface area contributed by atoms with Crippen LogP contribution < -0.4 is 0 Å². The summed E-state index contributed by atoms with van der Waals surface area (Å²) in [6.07, 6.45) is -0.876. The van der Waals surface area contributed by atoms with Crippen molar-refractivity contribution in [3.8, 4) is 0 Å². The molecule has 0 bridgehead atoms. The molecule has 0 aliphatic heterocycles.